The van der Waals surface area contributed by atoms with Crippen molar-refractivity contribution in [1.82, 2.24) is 10.2 Å². The summed E-state index contributed by atoms with van der Waals surface area (Å²) >= 11 is 0. The zero-order chi connectivity index (χ0) is 18.2. The fourth-order valence-corrected chi connectivity index (χ4v) is 3.05. The average Bonchev–Trinajstić information content (AvgIpc) is 3.07. The lowest BCUT2D eigenvalue weighted by Crippen LogP contribution is -2.33. The molecular weight excluding hydrogens is 324 g/mol. The number of carbonyl (C=O) groups is 1. The quantitative estimate of drug-likeness (QED) is 0.595. The van der Waals surface area contributed by atoms with Gasteiger partial charge in [0.05, 0.1) is 6.54 Å². The molecule has 0 unspecified atom stereocenters. The Morgan fingerprint density at radius 2 is 1.77 bits per heavy atom. The van der Waals surface area contributed by atoms with Gasteiger partial charge >= 0.3 is 0 Å². The van der Waals surface area contributed by atoms with Gasteiger partial charge in [-0.3, -0.25) is 4.79 Å². The van der Waals surface area contributed by atoms with Crippen LogP contribution in [0.3, 0.4) is 0 Å². The number of guanidine groups is 1. The molecule has 1 aliphatic heterocycles. The summed E-state index contributed by atoms with van der Waals surface area (Å²) in [6.07, 6.45) is 2.58. The molecule has 5 heteroatoms. The second-order valence-corrected chi connectivity index (χ2v) is 6.60. The summed E-state index contributed by atoms with van der Waals surface area (Å²) in [5.41, 5.74) is 9.47. The van der Waals surface area contributed by atoms with Gasteiger partial charge in [-0.05, 0) is 29.5 Å². The zero-order valence-electron chi connectivity index (χ0n) is 15.0. The first kappa shape index (κ1) is 18.0. The number of nitrogens with two attached hydrogens (primary N) is 1. The van der Waals surface area contributed by atoms with Crippen molar-refractivity contribution in [2.24, 2.45) is 10.7 Å². The Hall–Kier alpha value is -2.82. The van der Waals surface area contributed by atoms with E-state index in [2.05, 4.69) is 46.7 Å². The maximum Gasteiger partial charge on any atom is 0.222 e. The second kappa shape index (κ2) is 9.04. The van der Waals surface area contributed by atoms with E-state index in [1.807, 2.05) is 23.1 Å². The molecule has 2 aromatic rings. The Morgan fingerprint density at radius 3 is 2.46 bits per heavy atom. The molecule has 2 aromatic carbocycles. The van der Waals surface area contributed by atoms with Gasteiger partial charge in [0.15, 0.2) is 5.96 Å². The van der Waals surface area contributed by atoms with Gasteiger partial charge in [-0.2, -0.15) is 0 Å². The molecular formula is C21H26N4O. The number of amides is 1. The monoisotopic (exact) mass is 350 g/mol. The lowest BCUT2D eigenvalue weighted by molar-refractivity contribution is -0.128. The van der Waals surface area contributed by atoms with Crippen LogP contribution in [0.5, 0.6) is 0 Å². The highest BCUT2D eigenvalue weighted by atomic mass is 16.2. The van der Waals surface area contributed by atoms with Crippen molar-refractivity contribution >= 4 is 11.9 Å². The fourth-order valence-electron chi connectivity index (χ4n) is 3.05. The van der Waals surface area contributed by atoms with Gasteiger partial charge in [0, 0.05) is 26.1 Å². The summed E-state index contributed by atoms with van der Waals surface area (Å²) in [6, 6.07) is 18.5. The van der Waals surface area contributed by atoms with Crippen molar-refractivity contribution in [2.75, 3.05) is 13.1 Å². The third-order valence-corrected chi connectivity index (χ3v) is 4.56. The molecule has 1 amide bonds. The molecule has 0 aromatic heterocycles. The predicted octanol–water partition coefficient (Wildman–Crippen LogP) is 2.46. The van der Waals surface area contributed by atoms with Crippen LogP contribution in [0.25, 0.3) is 0 Å². The van der Waals surface area contributed by atoms with Crippen LogP contribution < -0.4 is 11.1 Å². The first-order valence-corrected chi connectivity index (χ1v) is 9.14. The van der Waals surface area contributed by atoms with Gasteiger partial charge in [-0.1, -0.05) is 54.6 Å². The van der Waals surface area contributed by atoms with Crippen molar-refractivity contribution in [3.05, 3.63) is 71.3 Å². The normalized spacial score (nSPS) is 14.7. The number of benzene rings is 2. The zero-order valence-corrected chi connectivity index (χ0v) is 15.0. The molecule has 0 bridgehead atoms. The van der Waals surface area contributed by atoms with Gasteiger partial charge in [-0.15, -0.1) is 0 Å². The molecule has 0 radical (unpaired) electrons. The number of rotatable bonds is 7. The summed E-state index contributed by atoms with van der Waals surface area (Å²) in [7, 11) is 0. The summed E-state index contributed by atoms with van der Waals surface area (Å²) in [5, 5.41) is 3.15. The van der Waals surface area contributed by atoms with E-state index >= 15 is 0 Å². The maximum absolute atomic E-state index is 11.7. The van der Waals surface area contributed by atoms with Crippen LogP contribution in [0.4, 0.5) is 0 Å². The predicted molar refractivity (Wildman–Crippen MR) is 105 cm³/mol. The van der Waals surface area contributed by atoms with Gasteiger partial charge in [0.1, 0.15) is 0 Å². The molecule has 3 N–H and O–H groups in total. The Bertz CT molecular complexity index is 740. The maximum atomic E-state index is 11.7. The van der Waals surface area contributed by atoms with E-state index < -0.39 is 0 Å². The molecule has 26 heavy (non-hydrogen) atoms. The van der Waals surface area contributed by atoms with E-state index in [0.717, 1.165) is 37.1 Å². The summed E-state index contributed by atoms with van der Waals surface area (Å²) in [6.45, 7) is 2.89. The van der Waals surface area contributed by atoms with Crippen LogP contribution in [0.15, 0.2) is 59.6 Å². The molecule has 0 saturated carbocycles. The topological polar surface area (TPSA) is 70.7 Å². The molecule has 1 fully saturated rings. The third-order valence-electron chi connectivity index (χ3n) is 4.56. The van der Waals surface area contributed by atoms with E-state index in [4.69, 9.17) is 5.73 Å². The van der Waals surface area contributed by atoms with E-state index in [0.29, 0.717) is 25.5 Å². The summed E-state index contributed by atoms with van der Waals surface area (Å²) in [4.78, 5) is 18.0. The number of hydrogen-bond donors (Lipinski definition) is 2. The Balaban J connectivity index is 1.43. The summed E-state index contributed by atoms with van der Waals surface area (Å²) in [5.74, 6) is 0.723. The number of likely N-dealkylation sites (tertiary alicyclic amines) is 1. The van der Waals surface area contributed by atoms with Crippen LogP contribution in [0.1, 0.15) is 29.5 Å². The van der Waals surface area contributed by atoms with Crippen molar-refractivity contribution < 1.29 is 4.79 Å². The number of carbonyl (C=O) groups excluding carboxylic acids is 1. The van der Waals surface area contributed by atoms with Crippen molar-refractivity contribution in [2.45, 2.75) is 32.4 Å². The molecule has 0 aliphatic carbocycles. The third kappa shape index (κ3) is 5.34. The minimum atomic E-state index is 0.257. The Morgan fingerprint density at radius 1 is 1.04 bits per heavy atom. The van der Waals surface area contributed by atoms with E-state index in [1.54, 1.807) is 0 Å². The van der Waals surface area contributed by atoms with E-state index in [-0.39, 0.29) is 5.91 Å². The van der Waals surface area contributed by atoms with Gasteiger partial charge < -0.3 is 16.0 Å². The Labute approximate surface area is 154 Å². The van der Waals surface area contributed by atoms with Gasteiger partial charge in [0.25, 0.3) is 0 Å². The van der Waals surface area contributed by atoms with Crippen LogP contribution in [0, 0.1) is 0 Å². The smallest absolute Gasteiger partial charge is 0.222 e. The molecule has 3 rings (SSSR count). The fraction of sp³-hybridized carbons (Fsp3) is 0.333. The number of hydrogen-bond acceptors (Lipinski definition) is 2. The van der Waals surface area contributed by atoms with E-state index in [9.17, 15) is 4.79 Å². The van der Waals surface area contributed by atoms with Crippen LogP contribution in [-0.2, 0) is 24.3 Å². The second-order valence-electron chi connectivity index (χ2n) is 6.60. The van der Waals surface area contributed by atoms with Crippen LogP contribution in [-0.4, -0.2) is 29.9 Å². The van der Waals surface area contributed by atoms with Gasteiger partial charge in [0.2, 0.25) is 5.91 Å². The number of nitrogens with one attached hydrogen (secondary N) is 1. The van der Waals surface area contributed by atoms with Crippen LogP contribution >= 0.6 is 0 Å². The largest absolute Gasteiger partial charge is 0.370 e. The first-order chi connectivity index (χ1) is 12.7. The molecule has 1 aliphatic rings. The highest BCUT2D eigenvalue weighted by Gasteiger charge is 2.19. The molecule has 5 nitrogen and oxygen atoms in total. The van der Waals surface area contributed by atoms with Crippen molar-refractivity contribution in [3.63, 3.8) is 0 Å². The molecule has 1 heterocycles. The molecule has 1 saturated heterocycles. The highest BCUT2D eigenvalue weighted by molar-refractivity contribution is 5.78. The lowest BCUT2D eigenvalue weighted by atomic mass is 10.1. The minimum Gasteiger partial charge on any atom is -0.370 e. The highest BCUT2D eigenvalue weighted by Crippen LogP contribution is 2.15. The average molecular weight is 350 g/mol. The lowest BCUT2D eigenvalue weighted by Gasteiger charge is -2.15. The first-order valence-electron chi connectivity index (χ1n) is 9.14. The standard InChI is InChI=1S/C21H26N4O/c22-21(23-13-12-17-5-2-1-3-6-17)24-15-18-8-10-19(11-9-18)16-25-14-4-7-20(25)26/h1-3,5-6,8-11H,4,7,12-16H2,(H3,22,23,24). The molecule has 136 valence electrons. The SMILES string of the molecule is NC(=NCc1ccc(CN2CCCC2=O)cc1)NCCc1ccccc1. The van der Waals surface area contributed by atoms with Crippen molar-refractivity contribution in [3.8, 4) is 0 Å². The van der Waals surface area contributed by atoms with Gasteiger partial charge in [-0.25, -0.2) is 4.99 Å². The minimum absolute atomic E-state index is 0.257. The summed E-state index contributed by atoms with van der Waals surface area (Å²) < 4.78 is 0. The molecule has 0 spiro atoms. The van der Waals surface area contributed by atoms with Crippen molar-refractivity contribution in [1.29, 1.82) is 0 Å². The number of aliphatic imine (C=N–C) groups is 1. The molecule has 0 atom stereocenters. The van der Waals surface area contributed by atoms with Crippen LogP contribution in [0.2, 0.25) is 0 Å². The number of nitrogens with zero attached hydrogens (tertiary/aromatic N) is 2. The Kier molecular flexibility index (Phi) is 6.25. The van der Waals surface area contributed by atoms with E-state index in [1.165, 1.54) is 5.56 Å².